The summed E-state index contributed by atoms with van der Waals surface area (Å²) in [5.74, 6) is 3.01. The number of pyridine rings is 1. The largest absolute Gasteiger partial charge is 0.379 e. The molecule has 6 heteroatoms. The molecular weight excluding hydrogens is 316 g/mol. The van der Waals surface area contributed by atoms with Crippen LogP contribution in [0.3, 0.4) is 0 Å². The van der Waals surface area contributed by atoms with Crippen LogP contribution in [0.5, 0.6) is 0 Å². The molecule has 3 heterocycles. The number of methoxy groups -OCH3 is 1. The van der Waals surface area contributed by atoms with Crippen LogP contribution in [-0.2, 0) is 4.74 Å². The van der Waals surface area contributed by atoms with Gasteiger partial charge in [-0.2, -0.15) is 0 Å². The van der Waals surface area contributed by atoms with Gasteiger partial charge in [0.15, 0.2) is 0 Å². The Hall–Kier alpha value is -1.82. The predicted molar refractivity (Wildman–Crippen MR) is 94.4 cm³/mol. The van der Waals surface area contributed by atoms with E-state index in [-0.39, 0.29) is 18.2 Å². The summed E-state index contributed by atoms with van der Waals surface area (Å²) in [6.07, 6.45) is 5.52. The molecule has 2 saturated heterocycles. The van der Waals surface area contributed by atoms with E-state index in [9.17, 15) is 4.79 Å². The van der Waals surface area contributed by atoms with Crippen molar-refractivity contribution in [1.82, 2.24) is 15.2 Å². The number of hydrogen-bond donors (Lipinski definition) is 1. The zero-order valence-electron chi connectivity index (χ0n) is 14.7. The molecule has 5 rings (SSSR count). The van der Waals surface area contributed by atoms with Crippen molar-refractivity contribution in [2.75, 3.05) is 31.6 Å². The first-order valence-corrected chi connectivity index (χ1v) is 9.50. The molecule has 1 aromatic heterocycles. The number of rotatable bonds is 3. The molecule has 2 aliphatic carbocycles. The van der Waals surface area contributed by atoms with E-state index in [1.54, 1.807) is 7.11 Å². The van der Waals surface area contributed by atoms with E-state index in [2.05, 4.69) is 20.1 Å². The Kier molecular flexibility index (Phi) is 3.62. The Morgan fingerprint density at radius 3 is 3.00 bits per heavy atom. The van der Waals surface area contributed by atoms with E-state index >= 15 is 0 Å². The second kappa shape index (κ2) is 5.87. The average molecular weight is 342 g/mol. The van der Waals surface area contributed by atoms with Crippen molar-refractivity contribution in [2.45, 2.75) is 37.5 Å². The number of carbonyl (C=O) groups is 1. The van der Waals surface area contributed by atoms with Crippen LogP contribution in [0.25, 0.3) is 0 Å². The van der Waals surface area contributed by atoms with Gasteiger partial charge in [0.1, 0.15) is 5.82 Å². The van der Waals surface area contributed by atoms with Gasteiger partial charge in [0, 0.05) is 39.0 Å². The van der Waals surface area contributed by atoms with Gasteiger partial charge in [-0.05, 0) is 49.1 Å². The van der Waals surface area contributed by atoms with Crippen molar-refractivity contribution in [3.63, 3.8) is 0 Å². The molecule has 25 heavy (non-hydrogen) atoms. The molecule has 2 saturated carbocycles. The first-order valence-electron chi connectivity index (χ1n) is 9.50. The highest BCUT2D eigenvalue weighted by molar-refractivity contribution is 5.76. The molecule has 4 fully saturated rings. The lowest BCUT2D eigenvalue weighted by atomic mass is 9.88. The summed E-state index contributed by atoms with van der Waals surface area (Å²) < 4.78 is 5.76. The zero-order valence-corrected chi connectivity index (χ0v) is 14.7. The summed E-state index contributed by atoms with van der Waals surface area (Å²) in [4.78, 5) is 21.7. The number of fused-ring (bicyclic) bond motifs is 1. The van der Waals surface area contributed by atoms with E-state index in [1.165, 1.54) is 12.8 Å². The summed E-state index contributed by atoms with van der Waals surface area (Å²) in [5, 5.41) is 3.28. The second-order valence-corrected chi connectivity index (χ2v) is 8.07. The molecule has 6 atom stereocenters. The Bertz CT molecular complexity index is 652. The minimum Gasteiger partial charge on any atom is -0.379 e. The van der Waals surface area contributed by atoms with Crippen LogP contribution in [0.15, 0.2) is 24.4 Å². The van der Waals surface area contributed by atoms with Crippen LogP contribution in [0, 0.1) is 17.8 Å². The standard InChI is InChI=1S/C19H26N4O2/c1-25-18-12-8-13-10-23(17(18)15(13)9-12)19(24)21-14-5-7-22(11-14)16-4-2-3-6-20-16/h2-4,6,12-15,17-18H,5,7-11H2,1H3,(H,21,24). The first-order chi connectivity index (χ1) is 12.2. The van der Waals surface area contributed by atoms with Crippen LogP contribution in [0.4, 0.5) is 10.6 Å². The number of ether oxygens (including phenoxy) is 1. The number of anilines is 1. The molecule has 4 aliphatic rings. The van der Waals surface area contributed by atoms with Gasteiger partial charge in [0.2, 0.25) is 0 Å². The van der Waals surface area contributed by atoms with Crippen molar-refractivity contribution in [2.24, 2.45) is 17.8 Å². The highest BCUT2D eigenvalue weighted by atomic mass is 16.5. The monoisotopic (exact) mass is 342 g/mol. The molecule has 2 bridgehead atoms. The maximum absolute atomic E-state index is 12.9. The maximum atomic E-state index is 12.9. The molecule has 1 aromatic rings. The van der Waals surface area contributed by atoms with Crippen LogP contribution in [-0.4, -0.2) is 60.8 Å². The molecule has 0 spiro atoms. The van der Waals surface area contributed by atoms with Gasteiger partial charge in [0.05, 0.1) is 12.1 Å². The molecule has 0 radical (unpaired) electrons. The number of nitrogens with one attached hydrogen (secondary N) is 1. The summed E-state index contributed by atoms with van der Waals surface area (Å²) in [7, 11) is 1.80. The van der Waals surface area contributed by atoms with Crippen molar-refractivity contribution in [3.8, 4) is 0 Å². The van der Waals surface area contributed by atoms with Gasteiger partial charge >= 0.3 is 6.03 Å². The fourth-order valence-electron chi connectivity index (χ4n) is 5.84. The smallest absolute Gasteiger partial charge is 0.318 e. The van der Waals surface area contributed by atoms with E-state index in [0.717, 1.165) is 31.9 Å². The third-order valence-electron chi connectivity index (χ3n) is 6.84. The van der Waals surface area contributed by atoms with Crippen LogP contribution >= 0.6 is 0 Å². The molecular formula is C19H26N4O2. The fourth-order valence-corrected chi connectivity index (χ4v) is 5.84. The van der Waals surface area contributed by atoms with E-state index in [4.69, 9.17) is 4.74 Å². The van der Waals surface area contributed by atoms with E-state index in [1.807, 2.05) is 24.4 Å². The van der Waals surface area contributed by atoms with Crippen molar-refractivity contribution < 1.29 is 9.53 Å². The molecule has 2 amide bonds. The highest BCUT2D eigenvalue weighted by Crippen LogP contribution is 2.55. The Labute approximate surface area is 148 Å². The zero-order chi connectivity index (χ0) is 17.0. The Balaban J connectivity index is 1.23. The number of nitrogens with zero attached hydrogens (tertiary/aromatic N) is 3. The average Bonchev–Trinajstić information content (AvgIpc) is 3.36. The first kappa shape index (κ1) is 15.4. The lowest BCUT2D eigenvalue weighted by molar-refractivity contribution is 0.0188. The van der Waals surface area contributed by atoms with Gasteiger partial charge in [-0.3, -0.25) is 0 Å². The molecule has 6 unspecified atom stereocenters. The number of amides is 2. The third-order valence-corrected chi connectivity index (χ3v) is 6.84. The lowest BCUT2D eigenvalue weighted by Gasteiger charge is -2.32. The van der Waals surface area contributed by atoms with Crippen LogP contribution < -0.4 is 10.2 Å². The van der Waals surface area contributed by atoms with Gasteiger partial charge in [-0.15, -0.1) is 0 Å². The van der Waals surface area contributed by atoms with Crippen LogP contribution in [0.1, 0.15) is 19.3 Å². The summed E-state index contributed by atoms with van der Waals surface area (Å²) >= 11 is 0. The molecule has 6 nitrogen and oxygen atoms in total. The third kappa shape index (κ3) is 2.41. The normalized spacial score (nSPS) is 38.6. The topological polar surface area (TPSA) is 57.7 Å². The minimum atomic E-state index is 0.106. The minimum absolute atomic E-state index is 0.106. The number of likely N-dealkylation sites (tertiary alicyclic amines) is 1. The van der Waals surface area contributed by atoms with Gasteiger partial charge < -0.3 is 19.9 Å². The van der Waals surface area contributed by atoms with Gasteiger partial charge in [-0.25, -0.2) is 9.78 Å². The summed E-state index contributed by atoms with van der Waals surface area (Å²) in [6.45, 7) is 2.69. The van der Waals surface area contributed by atoms with Crippen molar-refractivity contribution in [1.29, 1.82) is 0 Å². The fraction of sp³-hybridized carbons (Fsp3) is 0.684. The van der Waals surface area contributed by atoms with E-state index in [0.29, 0.717) is 23.8 Å². The molecule has 134 valence electrons. The highest BCUT2D eigenvalue weighted by Gasteiger charge is 2.60. The van der Waals surface area contributed by atoms with E-state index < -0.39 is 0 Å². The van der Waals surface area contributed by atoms with Crippen molar-refractivity contribution in [3.05, 3.63) is 24.4 Å². The van der Waals surface area contributed by atoms with Gasteiger partial charge in [0.25, 0.3) is 0 Å². The molecule has 1 N–H and O–H groups in total. The number of urea groups is 1. The quantitative estimate of drug-likeness (QED) is 0.909. The Morgan fingerprint density at radius 1 is 1.28 bits per heavy atom. The Morgan fingerprint density at radius 2 is 2.20 bits per heavy atom. The number of hydrogen-bond acceptors (Lipinski definition) is 4. The second-order valence-electron chi connectivity index (χ2n) is 8.07. The van der Waals surface area contributed by atoms with Crippen LogP contribution in [0.2, 0.25) is 0 Å². The predicted octanol–water partition coefficient (Wildman–Crippen LogP) is 1.73. The van der Waals surface area contributed by atoms with Gasteiger partial charge in [-0.1, -0.05) is 6.07 Å². The summed E-state index contributed by atoms with van der Waals surface area (Å²) in [5.41, 5.74) is 0. The molecule has 2 aliphatic heterocycles. The lowest BCUT2D eigenvalue weighted by Crippen LogP contribution is -2.51. The maximum Gasteiger partial charge on any atom is 0.318 e. The molecule has 0 aromatic carbocycles. The SMILES string of the molecule is COC1C2CC3CN(C(=O)NC4CCN(c5ccccn5)C4)C1C3C2. The van der Waals surface area contributed by atoms with Crippen molar-refractivity contribution >= 4 is 11.8 Å². The number of aromatic nitrogens is 1. The number of carbonyl (C=O) groups excluding carboxylic acids is 1. The summed E-state index contributed by atoms with van der Waals surface area (Å²) in [6, 6.07) is 6.57.